The molecule has 1 atom stereocenters. The number of hydrogen-bond donors (Lipinski definition) is 2. The van der Waals surface area contributed by atoms with Crippen LogP contribution >= 0.6 is 0 Å². The Morgan fingerprint density at radius 1 is 1.27 bits per heavy atom. The molecule has 2 fully saturated rings. The molecule has 26 heavy (non-hydrogen) atoms. The number of ether oxygens (including phenoxy) is 1. The summed E-state index contributed by atoms with van der Waals surface area (Å²) in [4.78, 5) is 11.2. The number of benzene rings is 1. The van der Waals surface area contributed by atoms with Crippen LogP contribution in [0.15, 0.2) is 30.3 Å². The van der Waals surface area contributed by atoms with E-state index in [2.05, 4.69) is 15.3 Å². The van der Waals surface area contributed by atoms with Gasteiger partial charge in [-0.15, -0.1) is 0 Å². The Hall–Kier alpha value is -2.25. The van der Waals surface area contributed by atoms with Crippen molar-refractivity contribution >= 4 is 11.8 Å². The predicted octanol–water partition coefficient (Wildman–Crippen LogP) is 1.96. The lowest BCUT2D eigenvalue weighted by atomic mass is 10.0. The summed E-state index contributed by atoms with van der Waals surface area (Å²) in [5, 5.41) is 12.9. The van der Waals surface area contributed by atoms with Crippen molar-refractivity contribution < 1.29 is 14.2 Å². The highest BCUT2D eigenvalue weighted by molar-refractivity contribution is 5.46. The molecule has 1 aromatic heterocycles. The van der Waals surface area contributed by atoms with Crippen LogP contribution in [-0.2, 0) is 11.2 Å². The van der Waals surface area contributed by atoms with Gasteiger partial charge in [-0.05, 0) is 30.5 Å². The number of nitrogens with one attached hydrogen (secondary N) is 1. The summed E-state index contributed by atoms with van der Waals surface area (Å²) in [6.07, 6.45) is 1.37. The third-order valence-corrected chi connectivity index (χ3v) is 4.84. The first-order valence-corrected chi connectivity index (χ1v) is 9.05. The molecule has 0 saturated carbocycles. The minimum absolute atomic E-state index is 0.216. The van der Waals surface area contributed by atoms with Gasteiger partial charge in [0.2, 0.25) is 5.95 Å². The van der Waals surface area contributed by atoms with Gasteiger partial charge < -0.3 is 20.1 Å². The number of aliphatic hydroxyl groups is 1. The van der Waals surface area contributed by atoms with Crippen LogP contribution in [0.2, 0.25) is 0 Å². The van der Waals surface area contributed by atoms with Crippen LogP contribution in [0.3, 0.4) is 0 Å². The van der Waals surface area contributed by atoms with Crippen LogP contribution in [-0.4, -0.2) is 54.0 Å². The molecule has 0 amide bonds. The van der Waals surface area contributed by atoms with E-state index in [9.17, 15) is 9.50 Å². The number of aliphatic hydroxyl groups excluding tert-OH is 1. The topological polar surface area (TPSA) is 70.5 Å². The van der Waals surface area contributed by atoms with Crippen molar-refractivity contribution in [1.29, 1.82) is 0 Å². The minimum Gasteiger partial charge on any atom is -0.389 e. The molecule has 1 aromatic carbocycles. The zero-order chi connectivity index (χ0) is 17.9. The summed E-state index contributed by atoms with van der Waals surface area (Å²) in [5.41, 5.74) is 1.92. The van der Waals surface area contributed by atoms with Crippen molar-refractivity contribution in [3.05, 3.63) is 47.4 Å². The first kappa shape index (κ1) is 17.2. The van der Waals surface area contributed by atoms with Crippen molar-refractivity contribution in [2.24, 2.45) is 0 Å². The zero-order valence-corrected chi connectivity index (χ0v) is 14.6. The molecule has 6 nitrogen and oxygen atoms in total. The number of halogens is 1. The first-order chi connectivity index (χ1) is 12.7. The molecule has 0 radical (unpaired) electrons. The Bertz CT molecular complexity index is 761. The highest BCUT2D eigenvalue weighted by atomic mass is 19.1. The summed E-state index contributed by atoms with van der Waals surface area (Å²) in [5.74, 6) is 1.47. The molecule has 4 rings (SSSR count). The van der Waals surface area contributed by atoms with Crippen molar-refractivity contribution in [3.63, 3.8) is 0 Å². The molecule has 7 heteroatoms. The summed E-state index contributed by atoms with van der Waals surface area (Å²) < 4.78 is 18.8. The van der Waals surface area contributed by atoms with Gasteiger partial charge in [-0.1, -0.05) is 12.1 Å². The fourth-order valence-corrected chi connectivity index (χ4v) is 3.31. The largest absolute Gasteiger partial charge is 0.389 e. The first-order valence-electron chi connectivity index (χ1n) is 9.05. The van der Waals surface area contributed by atoms with Crippen LogP contribution < -0.4 is 10.2 Å². The monoisotopic (exact) mass is 358 g/mol. The fourth-order valence-electron chi connectivity index (χ4n) is 3.31. The van der Waals surface area contributed by atoms with Gasteiger partial charge in [0.1, 0.15) is 11.6 Å². The van der Waals surface area contributed by atoms with Crippen LogP contribution in [0.25, 0.3) is 0 Å². The maximum absolute atomic E-state index is 13.3. The van der Waals surface area contributed by atoms with Crippen molar-refractivity contribution in [3.8, 4) is 0 Å². The maximum atomic E-state index is 13.3. The lowest BCUT2D eigenvalue weighted by Gasteiger charge is -2.36. The smallest absolute Gasteiger partial charge is 0.227 e. The molecular formula is C19H23FN4O2. The van der Waals surface area contributed by atoms with Gasteiger partial charge in [0.05, 0.1) is 18.4 Å². The molecule has 2 N–H and O–H groups in total. The average molecular weight is 358 g/mol. The Kier molecular flexibility index (Phi) is 4.99. The van der Waals surface area contributed by atoms with Gasteiger partial charge in [0.25, 0.3) is 0 Å². The second-order valence-electron chi connectivity index (χ2n) is 6.90. The number of anilines is 2. The van der Waals surface area contributed by atoms with Crippen LogP contribution in [0.5, 0.6) is 0 Å². The molecule has 2 saturated heterocycles. The predicted molar refractivity (Wildman–Crippen MR) is 97.0 cm³/mol. The molecule has 2 aromatic rings. The van der Waals surface area contributed by atoms with E-state index in [0.29, 0.717) is 38.6 Å². The summed E-state index contributed by atoms with van der Waals surface area (Å²) in [7, 11) is 0. The zero-order valence-electron chi connectivity index (χ0n) is 14.6. The maximum Gasteiger partial charge on any atom is 0.227 e. The number of β-amino-alcohol motifs (C(OH)–C–C–N with tert-alkyl or cyclic N) is 1. The van der Waals surface area contributed by atoms with E-state index >= 15 is 0 Å². The molecule has 0 bridgehead atoms. The molecule has 2 aliphatic rings. The van der Waals surface area contributed by atoms with Crippen LogP contribution in [0.4, 0.5) is 16.2 Å². The van der Waals surface area contributed by atoms with E-state index < -0.39 is 0 Å². The van der Waals surface area contributed by atoms with Crippen molar-refractivity contribution in [1.82, 2.24) is 9.97 Å². The number of nitrogens with zero attached hydrogens (tertiary/aromatic N) is 3. The Balaban J connectivity index is 1.46. The summed E-state index contributed by atoms with van der Waals surface area (Å²) >= 11 is 0. The highest BCUT2D eigenvalue weighted by Crippen LogP contribution is 2.28. The summed E-state index contributed by atoms with van der Waals surface area (Å²) in [6, 6.07) is 8.62. The van der Waals surface area contributed by atoms with Gasteiger partial charge in [0, 0.05) is 38.2 Å². The number of aromatic nitrogens is 2. The SMILES string of the molecule is OC1CN(c2nc(NCCc3cccc(F)c3)cc([C@H]3CCOC3)n2)C1. The van der Waals surface area contributed by atoms with Gasteiger partial charge in [-0.25, -0.2) is 9.37 Å². The van der Waals surface area contributed by atoms with E-state index in [1.54, 1.807) is 12.1 Å². The number of rotatable bonds is 6. The van der Waals surface area contributed by atoms with Crippen LogP contribution in [0, 0.1) is 5.82 Å². The van der Waals surface area contributed by atoms with Crippen molar-refractivity contribution in [2.75, 3.05) is 43.1 Å². The lowest BCUT2D eigenvalue weighted by Crippen LogP contribution is -2.51. The molecule has 2 aliphatic heterocycles. The van der Waals surface area contributed by atoms with E-state index in [0.717, 1.165) is 30.1 Å². The molecule has 0 unspecified atom stereocenters. The van der Waals surface area contributed by atoms with E-state index in [1.807, 2.05) is 17.0 Å². The number of hydrogen-bond acceptors (Lipinski definition) is 6. The van der Waals surface area contributed by atoms with Crippen molar-refractivity contribution in [2.45, 2.75) is 24.9 Å². The molecule has 138 valence electrons. The third-order valence-electron chi connectivity index (χ3n) is 4.84. The molecular weight excluding hydrogens is 335 g/mol. The third kappa shape index (κ3) is 3.94. The van der Waals surface area contributed by atoms with Gasteiger partial charge in [0.15, 0.2) is 0 Å². The minimum atomic E-state index is -0.304. The quantitative estimate of drug-likeness (QED) is 0.823. The Morgan fingerprint density at radius 3 is 2.88 bits per heavy atom. The molecule has 3 heterocycles. The fraction of sp³-hybridized carbons (Fsp3) is 0.474. The Labute approximate surface area is 152 Å². The molecule has 0 aliphatic carbocycles. The average Bonchev–Trinajstić information content (AvgIpc) is 3.13. The van der Waals surface area contributed by atoms with Gasteiger partial charge in [-0.3, -0.25) is 0 Å². The highest BCUT2D eigenvalue weighted by Gasteiger charge is 2.28. The van der Waals surface area contributed by atoms with Gasteiger partial charge in [-0.2, -0.15) is 4.98 Å². The Morgan fingerprint density at radius 2 is 2.15 bits per heavy atom. The second kappa shape index (κ2) is 7.55. The van der Waals surface area contributed by atoms with E-state index in [1.165, 1.54) is 6.07 Å². The normalized spacial score (nSPS) is 20.2. The molecule has 0 spiro atoms. The van der Waals surface area contributed by atoms with Crippen LogP contribution in [0.1, 0.15) is 23.6 Å². The van der Waals surface area contributed by atoms with E-state index in [-0.39, 0.29) is 17.8 Å². The second-order valence-corrected chi connectivity index (χ2v) is 6.90. The summed E-state index contributed by atoms with van der Waals surface area (Å²) in [6.45, 7) is 3.22. The van der Waals surface area contributed by atoms with Gasteiger partial charge >= 0.3 is 0 Å². The van der Waals surface area contributed by atoms with E-state index in [4.69, 9.17) is 4.74 Å². The standard InChI is InChI=1S/C19H23FN4O2/c20-15-3-1-2-13(8-15)4-6-21-18-9-17(14-5-7-26-12-14)22-19(23-18)24-10-16(25)11-24/h1-3,8-9,14,16,25H,4-7,10-12H2,(H,21,22,23)/t14-/m0/s1. The lowest BCUT2D eigenvalue weighted by molar-refractivity contribution is 0.140.